The van der Waals surface area contributed by atoms with Gasteiger partial charge in [0.1, 0.15) is 0 Å². The van der Waals surface area contributed by atoms with Gasteiger partial charge in [0.2, 0.25) is 0 Å². The second kappa shape index (κ2) is 3.27. The number of nitrogens with zero attached hydrogens (tertiary/aromatic N) is 1. The highest BCUT2D eigenvalue weighted by Gasteiger charge is 2.18. The minimum Gasteiger partial charge on any atom is -0.316 e. The lowest BCUT2D eigenvalue weighted by molar-refractivity contribution is 0.729. The molecule has 0 spiro atoms. The Balaban J connectivity index is 2.11. The van der Waals surface area contributed by atoms with Crippen LogP contribution in [0.25, 0.3) is 0 Å². The van der Waals surface area contributed by atoms with Gasteiger partial charge in [-0.05, 0) is 25.5 Å². The molecule has 0 amide bonds. The highest BCUT2D eigenvalue weighted by molar-refractivity contribution is 5.14. The molecule has 1 aliphatic heterocycles. The van der Waals surface area contributed by atoms with Crippen molar-refractivity contribution < 1.29 is 0 Å². The summed E-state index contributed by atoms with van der Waals surface area (Å²) >= 11 is 0. The molecule has 3 nitrogen and oxygen atoms in total. The van der Waals surface area contributed by atoms with E-state index in [4.69, 9.17) is 0 Å². The molecule has 2 rings (SSSR count). The van der Waals surface area contributed by atoms with Crippen molar-refractivity contribution in [2.75, 3.05) is 13.1 Å². The number of hydrogen-bond donors (Lipinski definition) is 2. The molecule has 0 aromatic carbocycles. The van der Waals surface area contributed by atoms with Gasteiger partial charge in [-0.15, -0.1) is 0 Å². The lowest BCUT2D eigenvalue weighted by Crippen LogP contribution is -2.08. The van der Waals surface area contributed by atoms with Gasteiger partial charge in [-0.25, -0.2) is 0 Å². The van der Waals surface area contributed by atoms with Gasteiger partial charge in [0.15, 0.2) is 0 Å². The van der Waals surface area contributed by atoms with Gasteiger partial charge in [0.25, 0.3) is 0 Å². The molecule has 1 aromatic heterocycles. The molecular weight excluding hydrogens is 150 g/mol. The number of H-pyrrole nitrogens is 1. The maximum atomic E-state index is 4.30. The average molecular weight is 165 g/mol. The fraction of sp³-hybridized carbons (Fsp3) is 0.667. The zero-order valence-electron chi connectivity index (χ0n) is 7.43. The molecule has 0 radical (unpaired) electrons. The molecule has 1 saturated heterocycles. The fourth-order valence-electron chi connectivity index (χ4n) is 1.68. The summed E-state index contributed by atoms with van der Waals surface area (Å²) in [6.07, 6.45) is 2.28. The standard InChI is InChI=1S/C9H15N3/c1-2-8-5-9(12-11-8)7-3-4-10-6-7/h5,7,10H,2-4,6H2,1H3,(H,11,12). The summed E-state index contributed by atoms with van der Waals surface area (Å²) in [7, 11) is 0. The smallest absolute Gasteiger partial charge is 0.0669 e. The predicted molar refractivity (Wildman–Crippen MR) is 48.2 cm³/mol. The zero-order chi connectivity index (χ0) is 8.39. The average Bonchev–Trinajstić information content (AvgIpc) is 2.75. The van der Waals surface area contributed by atoms with Crippen molar-refractivity contribution in [1.29, 1.82) is 0 Å². The maximum absolute atomic E-state index is 4.30. The molecule has 2 heterocycles. The van der Waals surface area contributed by atoms with Crippen LogP contribution in [0, 0.1) is 0 Å². The van der Waals surface area contributed by atoms with Crippen LogP contribution in [-0.4, -0.2) is 23.3 Å². The van der Waals surface area contributed by atoms with Crippen LogP contribution in [0.2, 0.25) is 0 Å². The molecule has 1 fully saturated rings. The van der Waals surface area contributed by atoms with Crippen molar-refractivity contribution in [3.63, 3.8) is 0 Å². The van der Waals surface area contributed by atoms with Crippen molar-refractivity contribution in [1.82, 2.24) is 15.5 Å². The summed E-state index contributed by atoms with van der Waals surface area (Å²) in [5, 5.41) is 10.7. The van der Waals surface area contributed by atoms with E-state index in [0.717, 1.165) is 19.5 Å². The van der Waals surface area contributed by atoms with Gasteiger partial charge in [-0.3, -0.25) is 5.10 Å². The predicted octanol–water partition coefficient (Wildman–Crippen LogP) is 1.05. The van der Waals surface area contributed by atoms with Crippen LogP contribution in [0.15, 0.2) is 6.07 Å². The highest BCUT2D eigenvalue weighted by atomic mass is 15.1. The summed E-state index contributed by atoms with van der Waals surface area (Å²) in [5.41, 5.74) is 2.48. The van der Waals surface area contributed by atoms with Crippen molar-refractivity contribution in [3.8, 4) is 0 Å². The molecule has 12 heavy (non-hydrogen) atoms. The molecule has 1 aliphatic rings. The second-order valence-corrected chi connectivity index (χ2v) is 3.36. The summed E-state index contributed by atoms with van der Waals surface area (Å²) in [6, 6.07) is 2.19. The van der Waals surface area contributed by atoms with Gasteiger partial charge in [-0.1, -0.05) is 6.92 Å². The lowest BCUT2D eigenvalue weighted by atomic mass is 10.0. The van der Waals surface area contributed by atoms with E-state index in [1.165, 1.54) is 17.8 Å². The van der Waals surface area contributed by atoms with E-state index in [2.05, 4.69) is 28.5 Å². The van der Waals surface area contributed by atoms with Crippen LogP contribution in [0.1, 0.15) is 30.7 Å². The van der Waals surface area contributed by atoms with Crippen LogP contribution in [0.4, 0.5) is 0 Å². The third kappa shape index (κ3) is 1.37. The summed E-state index contributed by atoms with van der Waals surface area (Å²) in [5.74, 6) is 0.640. The zero-order valence-corrected chi connectivity index (χ0v) is 7.43. The first-order valence-corrected chi connectivity index (χ1v) is 4.65. The molecule has 0 saturated carbocycles. The molecule has 66 valence electrons. The van der Waals surface area contributed by atoms with Crippen molar-refractivity contribution in [2.24, 2.45) is 0 Å². The second-order valence-electron chi connectivity index (χ2n) is 3.36. The molecule has 0 bridgehead atoms. The van der Waals surface area contributed by atoms with E-state index in [0.29, 0.717) is 5.92 Å². The van der Waals surface area contributed by atoms with Crippen LogP contribution < -0.4 is 5.32 Å². The van der Waals surface area contributed by atoms with Crippen molar-refractivity contribution in [2.45, 2.75) is 25.7 Å². The molecule has 1 unspecified atom stereocenters. The Morgan fingerprint density at radius 3 is 3.17 bits per heavy atom. The van der Waals surface area contributed by atoms with Crippen LogP contribution in [-0.2, 0) is 6.42 Å². The topological polar surface area (TPSA) is 40.7 Å². The first-order chi connectivity index (χ1) is 5.90. The first kappa shape index (κ1) is 7.80. The van der Waals surface area contributed by atoms with E-state index in [1.807, 2.05) is 0 Å². The molecule has 2 N–H and O–H groups in total. The molecular formula is C9H15N3. The molecule has 1 aromatic rings. The Bertz CT molecular complexity index is 248. The summed E-state index contributed by atoms with van der Waals surface area (Å²) in [6.45, 7) is 4.37. The molecule has 3 heteroatoms. The monoisotopic (exact) mass is 165 g/mol. The highest BCUT2D eigenvalue weighted by Crippen LogP contribution is 2.20. The van der Waals surface area contributed by atoms with Gasteiger partial charge in [-0.2, -0.15) is 5.10 Å². The molecule has 0 aliphatic carbocycles. The Morgan fingerprint density at radius 2 is 2.58 bits per heavy atom. The Morgan fingerprint density at radius 1 is 1.67 bits per heavy atom. The summed E-state index contributed by atoms with van der Waals surface area (Å²) in [4.78, 5) is 0. The Labute approximate surface area is 72.6 Å². The SMILES string of the molecule is CCc1cc(C2CCNC2)n[nH]1. The Hall–Kier alpha value is -0.830. The minimum atomic E-state index is 0.640. The van der Waals surface area contributed by atoms with Crippen molar-refractivity contribution >= 4 is 0 Å². The Kier molecular flexibility index (Phi) is 2.13. The van der Waals surface area contributed by atoms with Gasteiger partial charge in [0, 0.05) is 18.2 Å². The van der Waals surface area contributed by atoms with E-state index in [-0.39, 0.29) is 0 Å². The third-order valence-electron chi connectivity index (χ3n) is 2.51. The van der Waals surface area contributed by atoms with Crippen LogP contribution >= 0.6 is 0 Å². The number of nitrogens with one attached hydrogen (secondary N) is 2. The van der Waals surface area contributed by atoms with E-state index >= 15 is 0 Å². The molecule has 1 atom stereocenters. The normalized spacial score (nSPS) is 23.2. The van der Waals surface area contributed by atoms with Crippen LogP contribution in [0.5, 0.6) is 0 Å². The van der Waals surface area contributed by atoms with Crippen LogP contribution in [0.3, 0.4) is 0 Å². The minimum absolute atomic E-state index is 0.640. The number of hydrogen-bond acceptors (Lipinski definition) is 2. The number of aryl methyl sites for hydroxylation is 1. The van der Waals surface area contributed by atoms with E-state index in [9.17, 15) is 0 Å². The first-order valence-electron chi connectivity index (χ1n) is 4.65. The number of aromatic nitrogens is 2. The fourth-order valence-corrected chi connectivity index (χ4v) is 1.68. The quantitative estimate of drug-likeness (QED) is 0.687. The third-order valence-corrected chi connectivity index (χ3v) is 2.51. The maximum Gasteiger partial charge on any atom is 0.0669 e. The van der Waals surface area contributed by atoms with Gasteiger partial charge < -0.3 is 5.32 Å². The number of aromatic amines is 1. The van der Waals surface area contributed by atoms with E-state index in [1.54, 1.807) is 0 Å². The largest absolute Gasteiger partial charge is 0.316 e. The summed E-state index contributed by atoms with van der Waals surface area (Å²) < 4.78 is 0. The van der Waals surface area contributed by atoms with Gasteiger partial charge in [0.05, 0.1) is 5.69 Å². The number of rotatable bonds is 2. The van der Waals surface area contributed by atoms with E-state index < -0.39 is 0 Å². The van der Waals surface area contributed by atoms with Crippen molar-refractivity contribution in [3.05, 3.63) is 17.5 Å². The van der Waals surface area contributed by atoms with Gasteiger partial charge >= 0.3 is 0 Å². The lowest BCUT2D eigenvalue weighted by Gasteiger charge is -2.01.